The summed E-state index contributed by atoms with van der Waals surface area (Å²) in [4.78, 5) is 3.80. The number of hydrogen-bond acceptors (Lipinski definition) is 4. The number of aromatic nitrogens is 2. The van der Waals surface area contributed by atoms with Gasteiger partial charge in [-0.1, -0.05) is 0 Å². The highest BCUT2D eigenvalue weighted by atomic mass is 32.2. The molecule has 8 heteroatoms. The highest BCUT2D eigenvalue weighted by Crippen LogP contribution is 2.22. The summed E-state index contributed by atoms with van der Waals surface area (Å²) >= 11 is 0. The summed E-state index contributed by atoms with van der Waals surface area (Å²) in [5, 5.41) is -0.113. The first-order chi connectivity index (χ1) is 8.92. The summed E-state index contributed by atoms with van der Waals surface area (Å²) in [6, 6.07) is 3.43. The van der Waals surface area contributed by atoms with Crippen LogP contribution >= 0.6 is 0 Å². The number of hydrogen-bond donors (Lipinski definition) is 2. The zero-order chi connectivity index (χ0) is 14.0. The van der Waals surface area contributed by atoms with Crippen molar-refractivity contribution in [3.05, 3.63) is 36.5 Å². The van der Waals surface area contributed by atoms with Crippen LogP contribution in [0.1, 0.15) is 6.92 Å². The number of nitrogens with two attached hydrogens (primary N) is 1. The van der Waals surface area contributed by atoms with Crippen LogP contribution in [0, 0.1) is 5.82 Å². The van der Waals surface area contributed by atoms with Crippen LogP contribution in [0.5, 0.6) is 0 Å². The van der Waals surface area contributed by atoms with Gasteiger partial charge in [-0.25, -0.2) is 9.37 Å². The van der Waals surface area contributed by atoms with Crippen molar-refractivity contribution < 1.29 is 12.8 Å². The molecule has 0 bridgehead atoms. The standard InChI is InChI=1S/C11H13FN4O2S/c1-2-16-6-11(14-7-16)19(17,18)15-10-4-3-8(12)5-9(10)13/h3-7,15H,2,13H2,1H3. The molecule has 0 aliphatic carbocycles. The van der Waals surface area contributed by atoms with Crippen molar-refractivity contribution in [3.8, 4) is 0 Å². The molecule has 0 aliphatic heterocycles. The first kappa shape index (κ1) is 13.3. The molecule has 1 aromatic heterocycles. The second-order valence-electron chi connectivity index (χ2n) is 3.88. The molecule has 0 saturated carbocycles. The smallest absolute Gasteiger partial charge is 0.281 e. The third-order valence-electron chi connectivity index (χ3n) is 2.51. The summed E-state index contributed by atoms with van der Waals surface area (Å²) in [6.07, 6.45) is 2.82. The Hall–Kier alpha value is -2.09. The van der Waals surface area contributed by atoms with Crippen molar-refractivity contribution >= 4 is 21.4 Å². The maximum absolute atomic E-state index is 12.9. The molecule has 3 N–H and O–H groups in total. The average Bonchev–Trinajstić information content (AvgIpc) is 2.82. The molecule has 0 aliphatic rings. The van der Waals surface area contributed by atoms with Crippen LogP contribution in [0.25, 0.3) is 0 Å². The van der Waals surface area contributed by atoms with Gasteiger partial charge in [0.2, 0.25) is 0 Å². The van der Waals surface area contributed by atoms with Crippen LogP contribution in [-0.2, 0) is 16.6 Å². The molecule has 19 heavy (non-hydrogen) atoms. The molecule has 102 valence electrons. The quantitative estimate of drug-likeness (QED) is 0.831. The molecule has 0 fully saturated rings. The van der Waals surface area contributed by atoms with Gasteiger partial charge in [0.1, 0.15) is 5.82 Å². The minimum Gasteiger partial charge on any atom is -0.397 e. The number of sulfonamides is 1. The molecule has 0 unspecified atom stereocenters. The van der Waals surface area contributed by atoms with E-state index in [2.05, 4.69) is 9.71 Å². The molecule has 0 amide bonds. The fourth-order valence-electron chi connectivity index (χ4n) is 1.47. The molecule has 0 radical (unpaired) electrons. The topological polar surface area (TPSA) is 90.0 Å². The van der Waals surface area contributed by atoms with E-state index in [1.807, 2.05) is 6.92 Å². The molecule has 0 saturated heterocycles. The van der Waals surface area contributed by atoms with Crippen molar-refractivity contribution in [3.63, 3.8) is 0 Å². The van der Waals surface area contributed by atoms with Gasteiger partial charge in [0.25, 0.3) is 10.0 Å². The van der Waals surface area contributed by atoms with Crippen molar-refractivity contribution in [2.24, 2.45) is 0 Å². The Bertz CT molecular complexity index is 696. The van der Waals surface area contributed by atoms with E-state index >= 15 is 0 Å². The Labute approximate surface area is 110 Å². The fraction of sp³-hybridized carbons (Fsp3) is 0.182. The molecule has 0 spiro atoms. The number of nitrogens with one attached hydrogen (secondary N) is 1. The minimum atomic E-state index is -3.82. The fourth-order valence-corrected chi connectivity index (χ4v) is 2.51. The van der Waals surface area contributed by atoms with Crippen LogP contribution in [0.3, 0.4) is 0 Å². The zero-order valence-electron chi connectivity index (χ0n) is 10.2. The average molecular weight is 284 g/mol. The van der Waals surface area contributed by atoms with Crippen LogP contribution < -0.4 is 10.5 Å². The van der Waals surface area contributed by atoms with Crippen molar-refractivity contribution in [1.82, 2.24) is 9.55 Å². The first-order valence-corrected chi connectivity index (χ1v) is 7.00. The number of anilines is 2. The predicted molar refractivity (Wildman–Crippen MR) is 69.5 cm³/mol. The number of nitrogens with zero attached hydrogens (tertiary/aromatic N) is 2. The molecular weight excluding hydrogens is 271 g/mol. The zero-order valence-corrected chi connectivity index (χ0v) is 11.0. The number of rotatable bonds is 4. The van der Waals surface area contributed by atoms with Crippen LogP contribution in [0.15, 0.2) is 35.7 Å². The van der Waals surface area contributed by atoms with Crippen LogP contribution in [0.2, 0.25) is 0 Å². The van der Waals surface area contributed by atoms with E-state index in [4.69, 9.17) is 5.73 Å². The Morgan fingerprint density at radius 2 is 2.21 bits per heavy atom. The minimum absolute atomic E-state index is 0.0125. The largest absolute Gasteiger partial charge is 0.397 e. The van der Waals surface area contributed by atoms with Gasteiger partial charge < -0.3 is 10.3 Å². The SMILES string of the molecule is CCn1cnc(S(=O)(=O)Nc2ccc(F)cc2N)c1. The molecule has 2 aromatic rings. The molecule has 1 heterocycles. The van der Waals surface area contributed by atoms with Crippen molar-refractivity contribution in [1.29, 1.82) is 0 Å². The number of nitrogen functional groups attached to an aromatic ring is 1. The summed E-state index contributed by atoms with van der Waals surface area (Å²) in [6.45, 7) is 2.48. The number of aryl methyl sites for hydroxylation is 1. The number of halogens is 1. The van der Waals surface area contributed by atoms with Gasteiger partial charge >= 0.3 is 0 Å². The number of imidazole rings is 1. The maximum Gasteiger partial charge on any atom is 0.281 e. The second kappa shape index (κ2) is 4.88. The Balaban J connectivity index is 2.30. The van der Waals surface area contributed by atoms with Gasteiger partial charge in [-0.15, -0.1) is 0 Å². The summed E-state index contributed by atoms with van der Waals surface area (Å²) in [7, 11) is -3.82. The summed E-state index contributed by atoms with van der Waals surface area (Å²) in [5.74, 6) is -0.532. The maximum atomic E-state index is 12.9. The van der Waals surface area contributed by atoms with Crippen LogP contribution in [-0.4, -0.2) is 18.0 Å². The lowest BCUT2D eigenvalue weighted by Gasteiger charge is -2.08. The molecule has 2 rings (SSSR count). The third kappa shape index (κ3) is 2.84. The first-order valence-electron chi connectivity index (χ1n) is 5.52. The number of benzene rings is 1. The van der Waals surface area contributed by atoms with Gasteiger partial charge in [-0.2, -0.15) is 8.42 Å². The van der Waals surface area contributed by atoms with Gasteiger partial charge in [0.05, 0.1) is 17.7 Å². The molecule has 1 aromatic carbocycles. The monoisotopic (exact) mass is 284 g/mol. The Kier molecular flexibility index (Phi) is 3.43. The van der Waals surface area contributed by atoms with E-state index < -0.39 is 15.8 Å². The predicted octanol–water partition coefficient (Wildman–Crippen LogP) is 1.43. The summed E-state index contributed by atoms with van der Waals surface area (Å²) < 4.78 is 40.8. The third-order valence-corrected chi connectivity index (χ3v) is 3.76. The van der Waals surface area contributed by atoms with Gasteiger partial charge in [0, 0.05) is 12.7 Å². The van der Waals surface area contributed by atoms with Crippen molar-refractivity contribution in [2.75, 3.05) is 10.5 Å². The molecule has 6 nitrogen and oxygen atoms in total. The lowest BCUT2D eigenvalue weighted by Crippen LogP contribution is -2.14. The Morgan fingerprint density at radius 3 is 2.79 bits per heavy atom. The summed E-state index contributed by atoms with van der Waals surface area (Å²) in [5.41, 5.74) is 5.68. The second-order valence-corrected chi connectivity index (χ2v) is 5.51. The van der Waals surface area contributed by atoms with E-state index in [-0.39, 0.29) is 16.4 Å². The lowest BCUT2D eigenvalue weighted by molar-refractivity contribution is 0.597. The highest BCUT2D eigenvalue weighted by molar-refractivity contribution is 7.92. The molecular formula is C11H13FN4O2S. The van der Waals surface area contributed by atoms with E-state index in [0.29, 0.717) is 6.54 Å². The normalized spacial score (nSPS) is 11.5. The molecule has 0 atom stereocenters. The van der Waals surface area contributed by atoms with E-state index in [1.165, 1.54) is 18.6 Å². The van der Waals surface area contributed by atoms with E-state index in [9.17, 15) is 12.8 Å². The van der Waals surface area contributed by atoms with E-state index in [1.54, 1.807) is 4.57 Å². The lowest BCUT2D eigenvalue weighted by atomic mass is 10.3. The highest BCUT2D eigenvalue weighted by Gasteiger charge is 2.18. The van der Waals surface area contributed by atoms with Gasteiger partial charge in [-0.3, -0.25) is 4.72 Å². The van der Waals surface area contributed by atoms with E-state index in [0.717, 1.165) is 12.1 Å². The van der Waals surface area contributed by atoms with Crippen LogP contribution in [0.4, 0.5) is 15.8 Å². The van der Waals surface area contributed by atoms with Gasteiger partial charge in [0.15, 0.2) is 5.03 Å². The Morgan fingerprint density at radius 1 is 1.47 bits per heavy atom. The van der Waals surface area contributed by atoms with Gasteiger partial charge in [-0.05, 0) is 25.1 Å². The van der Waals surface area contributed by atoms with Crippen molar-refractivity contribution in [2.45, 2.75) is 18.5 Å².